The summed E-state index contributed by atoms with van der Waals surface area (Å²) in [5, 5.41) is 0. The number of carbonyl (C=O) groups is 1. The number of Topliss-reactive ketones (excluding diaryl/α,β-unsaturated/α-hetero) is 1. The van der Waals surface area contributed by atoms with Crippen molar-refractivity contribution in [2.24, 2.45) is 0 Å². The van der Waals surface area contributed by atoms with E-state index in [1.54, 1.807) is 0 Å². The first-order valence-electron chi connectivity index (χ1n) is 7.78. The van der Waals surface area contributed by atoms with Gasteiger partial charge in [-0.1, -0.05) is 51.8 Å². The second-order valence-corrected chi connectivity index (χ2v) is 7.97. The Morgan fingerprint density at radius 1 is 1.08 bits per heavy atom. The van der Waals surface area contributed by atoms with Gasteiger partial charge < -0.3 is 0 Å². The van der Waals surface area contributed by atoms with Crippen molar-refractivity contribution in [1.82, 2.24) is 4.72 Å². The van der Waals surface area contributed by atoms with E-state index in [-0.39, 0.29) is 11.8 Å². The Balaban J connectivity index is 1.90. The van der Waals surface area contributed by atoms with Gasteiger partial charge in [-0.2, -0.15) is 0 Å². The largest absolute Gasteiger partial charge is 0.294 e. The molecule has 0 heterocycles. The van der Waals surface area contributed by atoms with Gasteiger partial charge in [0.2, 0.25) is 0 Å². The molecule has 3 rings (SSSR count). The van der Waals surface area contributed by atoms with Crippen molar-refractivity contribution in [3.8, 4) is 0 Å². The lowest BCUT2D eigenvalue weighted by Gasteiger charge is -2.19. The molecule has 3 nitrogen and oxygen atoms in total. The Labute approximate surface area is 152 Å². The molecule has 2 atom stereocenters. The van der Waals surface area contributed by atoms with Crippen LogP contribution in [-0.2, 0) is 15.8 Å². The van der Waals surface area contributed by atoms with E-state index in [1.807, 2.05) is 61.5 Å². The van der Waals surface area contributed by atoms with Crippen molar-refractivity contribution in [1.29, 1.82) is 0 Å². The van der Waals surface area contributed by atoms with Crippen molar-refractivity contribution >= 4 is 32.7 Å². The van der Waals surface area contributed by atoms with Crippen LogP contribution in [0.4, 0.5) is 0 Å². The van der Waals surface area contributed by atoms with Crippen molar-refractivity contribution in [2.75, 3.05) is 0 Å². The molecule has 2 aromatic carbocycles. The SMILES string of the molecule is Cc1ccc([S@](=O)N[C@H](C2=CCCC2=O)c2ccc(Br)cc2)cc1. The predicted octanol–water partition coefficient (Wildman–Crippen LogP) is 4.40. The van der Waals surface area contributed by atoms with Gasteiger partial charge in [0.25, 0.3) is 0 Å². The second-order valence-electron chi connectivity index (χ2n) is 5.81. The van der Waals surface area contributed by atoms with Gasteiger partial charge in [0.1, 0.15) is 11.0 Å². The topological polar surface area (TPSA) is 46.2 Å². The van der Waals surface area contributed by atoms with E-state index in [0.717, 1.165) is 22.0 Å². The molecular formula is C19H18BrNO2S. The highest BCUT2D eigenvalue weighted by Gasteiger charge is 2.27. The molecule has 0 spiro atoms. The maximum Gasteiger partial charge on any atom is 0.160 e. The Hall–Kier alpha value is -1.56. The molecule has 2 aromatic rings. The Morgan fingerprint density at radius 2 is 1.75 bits per heavy atom. The van der Waals surface area contributed by atoms with E-state index in [1.165, 1.54) is 0 Å². The maximum absolute atomic E-state index is 12.7. The van der Waals surface area contributed by atoms with Crippen LogP contribution >= 0.6 is 15.9 Å². The normalized spacial score (nSPS) is 16.8. The third-order valence-corrected chi connectivity index (χ3v) is 5.71. The van der Waals surface area contributed by atoms with Crippen molar-refractivity contribution in [2.45, 2.75) is 30.7 Å². The average molecular weight is 404 g/mol. The van der Waals surface area contributed by atoms with Crippen LogP contribution in [0.15, 0.2) is 69.5 Å². The monoisotopic (exact) mass is 403 g/mol. The zero-order valence-corrected chi connectivity index (χ0v) is 15.7. The number of carbonyl (C=O) groups excluding carboxylic acids is 1. The van der Waals surface area contributed by atoms with Gasteiger partial charge in [-0.05, 0) is 43.2 Å². The number of hydrogen-bond acceptors (Lipinski definition) is 2. The van der Waals surface area contributed by atoms with Crippen LogP contribution in [0.5, 0.6) is 0 Å². The third-order valence-electron chi connectivity index (χ3n) is 4.03. The van der Waals surface area contributed by atoms with Crippen molar-refractivity contribution in [3.05, 3.63) is 75.8 Å². The van der Waals surface area contributed by atoms with Gasteiger partial charge in [0.15, 0.2) is 5.78 Å². The number of ketones is 1. The quantitative estimate of drug-likeness (QED) is 0.803. The molecular weight excluding hydrogens is 386 g/mol. The fourth-order valence-electron chi connectivity index (χ4n) is 2.70. The van der Waals surface area contributed by atoms with Crippen LogP contribution in [-0.4, -0.2) is 9.99 Å². The third kappa shape index (κ3) is 3.91. The van der Waals surface area contributed by atoms with Crippen LogP contribution in [0, 0.1) is 6.92 Å². The van der Waals surface area contributed by atoms with E-state index in [0.29, 0.717) is 16.9 Å². The van der Waals surface area contributed by atoms with Gasteiger partial charge in [0, 0.05) is 16.5 Å². The van der Waals surface area contributed by atoms with Gasteiger partial charge in [-0.25, -0.2) is 8.93 Å². The number of hydrogen-bond donors (Lipinski definition) is 1. The summed E-state index contributed by atoms with van der Waals surface area (Å²) in [5.41, 5.74) is 2.76. The molecule has 0 amide bonds. The summed E-state index contributed by atoms with van der Waals surface area (Å²) in [7, 11) is -1.39. The molecule has 0 aliphatic heterocycles. The maximum atomic E-state index is 12.7. The Kier molecular flexibility index (Phi) is 5.43. The van der Waals surface area contributed by atoms with E-state index in [2.05, 4.69) is 20.7 Å². The number of nitrogens with one attached hydrogen (secondary N) is 1. The van der Waals surface area contributed by atoms with E-state index < -0.39 is 11.0 Å². The van der Waals surface area contributed by atoms with Crippen LogP contribution in [0.3, 0.4) is 0 Å². The summed E-state index contributed by atoms with van der Waals surface area (Å²) < 4.78 is 16.8. The second kappa shape index (κ2) is 7.55. The molecule has 5 heteroatoms. The number of rotatable bonds is 5. The number of aryl methyl sites for hydroxylation is 1. The number of halogens is 1. The minimum absolute atomic E-state index is 0.122. The fourth-order valence-corrected chi connectivity index (χ4v) is 3.96. The first-order chi connectivity index (χ1) is 11.5. The molecule has 0 fully saturated rings. The number of allylic oxidation sites excluding steroid dienone is 1. The predicted molar refractivity (Wildman–Crippen MR) is 99.9 cm³/mol. The van der Waals surface area contributed by atoms with Crippen LogP contribution < -0.4 is 4.72 Å². The minimum Gasteiger partial charge on any atom is -0.294 e. The van der Waals surface area contributed by atoms with Crippen molar-refractivity contribution in [3.63, 3.8) is 0 Å². The fraction of sp³-hybridized carbons (Fsp3) is 0.211. The van der Waals surface area contributed by atoms with Crippen LogP contribution in [0.25, 0.3) is 0 Å². The Morgan fingerprint density at radius 3 is 2.33 bits per heavy atom. The lowest BCUT2D eigenvalue weighted by atomic mass is 9.98. The molecule has 0 unspecified atom stereocenters. The highest BCUT2D eigenvalue weighted by atomic mass is 79.9. The zero-order valence-electron chi connectivity index (χ0n) is 13.3. The molecule has 1 aliphatic rings. The molecule has 24 heavy (non-hydrogen) atoms. The molecule has 0 aromatic heterocycles. The first-order valence-corrected chi connectivity index (χ1v) is 9.72. The number of benzene rings is 2. The lowest BCUT2D eigenvalue weighted by molar-refractivity contribution is -0.115. The highest BCUT2D eigenvalue weighted by Crippen LogP contribution is 2.30. The summed E-state index contributed by atoms with van der Waals surface area (Å²) in [6, 6.07) is 14.9. The van der Waals surface area contributed by atoms with Gasteiger partial charge in [-0.3, -0.25) is 4.79 Å². The van der Waals surface area contributed by atoms with Crippen LogP contribution in [0.1, 0.15) is 30.0 Å². The molecule has 1 N–H and O–H groups in total. The van der Waals surface area contributed by atoms with Crippen LogP contribution in [0.2, 0.25) is 0 Å². The van der Waals surface area contributed by atoms with Gasteiger partial charge >= 0.3 is 0 Å². The van der Waals surface area contributed by atoms with E-state index in [9.17, 15) is 9.00 Å². The summed E-state index contributed by atoms with van der Waals surface area (Å²) in [6.07, 6.45) is 3.23. The molecule has 124 valence electrons. The standard InChI is InChI=1S/C19H18BrNO2S/c1-13-5-11-16(12-6-13)24(23)21-19(17-3-2-4-18(17)22)14-7-9-15(20)10-8-14/h3,5-12,19,21H,2,4H2,1H3/t19-,24-/m0/s1. The minimum atomic E-state index is -1.39. The van der Waals surface area contributed by atoms with Gasteiger partial charge in [0.05, 0.1) is 10.9 Å². The van der Waals surface area contributed by atoms with E-state index in [4.69, 9.17) is 0 Å². The lowest BCUT2D eigenvalue weighted by Crippen LogP contribution is -2.27. The molecule has 0 saturated carbocycles. The molecule has 1 aliphatic carbocycles. The summed E-state index contributed by atoms with van der Waals surface area (Å²) >= 11 is 3.42. The summed E-state index contributed by atoms with van der Waals surface area (Å²) in [6.45, 7) is 1.99. The van der Waals surface area contributed by atoms with Gasteiger partial charge in [-0.15, -0.1) is 0 Å². The average Bonchev–Trinajstić information content (AvgIpc) is 3.00. The zero-order chi connectivity index (χ0) is 17.1. The summed E-state index contributed by atoms with van der Waals surface area (Å²) in [5.74, 6) is 0.122. The molecule has 0 bridgehead atoms. The van der Waals surface area contributed by atoms with Crippen molar-refractivity contribution < 1.29 is 9.00 Å². The Bertz CT molecular complexity index is 797. The van der Waals surface area contributed by atoms with E-state index >= 15 is 0 Å². The molecule has 0 saturated heterocycles. The molecule has 0 radical (unpaired) electrons. The smallest absolute Gasteiger partial charge is 0.160 e. The highest BCUT2D eigenvalue weighted by molar-refractivity contribution is 9.10. The first kappa shape index (κ1) is 17.3. The summed E-state index contributed by atoms with van der Waals surface area (Å²) in [4.78, 5) is 12.9.